The zero-order valence-electron chi connectivity index (χ0n) is 10.9. The lowest BCUT2D eigenvalue weighted by Crippen LogP contribution is -2.25. The van der Waals surface area contributed by atoms with Crippen molar-refractivity contribution in [1.82, 2.24) is 0 Å². The Bertz CT molecular complexity index is 407. The second-order valence-corrected chi connectivity index (χ2v) is 4.22. The van der Waals surface area contributed by atoms with E-state index in [0.29, 0.717) is 12.3 Å². The molecule has 0 aromatic heterocycles. The molecule has 0 bridgehead atoms. The highest BCUT2D eigenvalue weighted by molar-refractivity contribution is 5.49. The molecule has 0 aliphatic heterocycles. The number of aryl methyl sites for hydroxylation is 1. The Labute approximate surface area is 110 Å². The van der Waals surface area contributed by atoms with E-state index in [1.54, 1.807) is 13.0 Å². The van der Waals surface area contributed by atoms with Gasteiger partial charge in [0.25, 0.3) is 0 Å². The van der Waals surface area contributed by atoms with Crippen molar-refractivity contribution in [2.75, 3.05) is 25.1 Å². The highest BCUT2D eigenvalue weighted by Crippen LogP contribution is 2.33. The van der Waals surface area contributed by atoms with Crippen LogP contribution in [0.5, 0.6) is 0 Å². The van der Waals surface area contributed by atoms with Gasteiger partial charge in [0.05, 0.1) is 18.3 Å². The molecule has 0 spiro atoms. The summed E-state index contributed by atoms with van der Waals surface area (Å²) in [6.07, 6.45) is -5.12. The minimum Gasteiger partial charge on any atom is -0.389 e. The van der Waals surface area contributed by atoms with E-state index in [9.17, 15) is 18.3 Å². The zero-order valence-corrected chi connectivity index (χ0v) is 10.9. The van der Waals surface area contributed by atoms with E-state index in [2.05, 4.69) is 5.32 Å². The molecule has 0 aliphatic rings. The summed E-state index contributed by atoms with van der Waals surface area (Å²) in [5.74, 6) is 0. The van der Waals surface area contributed by atoms with E-state index in [-0.39, 0.29) is 18.7 Å². The van der Waals surface area contributed by atoms with E-state index in [1.165, 1.54) is 13.0 Å². The first kappa shape index (κ1) is 15.8. The highest BCUT2D eigenvalue weighted by Gasteiger charge is 2.32. The van der Waals surface area contributed by atoms with Crippen LogP contribution in [0.25, 0.3) is 0 Å². The van der Waals surface area contributed by atoms with Crippen molar-refractivity contribution in [2.24, 2.45) is 0 Å². The van der Waals surface area contributed by atoms with Gasteiger partial charge >= 0.3 is 6.18 Å². The van der Waals surface area contributed by atoms with E-state index >= 15 is 0 Å². The fraction of sp³-hybridized carbons (Fsp3) is 0.538. The summed E-state index contributed by atoms with van der Waals surface area (Å²) in [4.78, 5) is 0. The molecule has 0 aliphatic carbocycles. The van der Waals surface area contributed by atoms with Gasteiger partial charge in [-0.05, 0) is 31.5 Å². The van der Waals surface area contributed by atoms with Crippen molar-refractivity contribution >= 4 is 5.69 Å². The number of hydrogen-bond acceptors (Lipinski definition) is 3. The highest BCUT2D eigenvalue weighted by atomic mass is 19.4. The van der Waals surface area contributed by atoms with Crippen LogP contribution in [-0.2, 0) is 10.9 Å². The lowest BCUT2D eigenvalue weighted by molar-refractivity contribution is -0.138. The summed E-state index contributed by atoms with van der Waals surface area (Å²) < 4.78 is 43.1. The molecule has 1 unspecified atom stereocenters. The van der Waals surface area contributed by atoms with Crippen molar-refractivity contribution in [3.63, 3.8) is 0 Å². The third-order valence-corrected chi connectivity index (χ3v) is 2.60. The molecule has 0 amide bonds. The van der Waals surface area contributed by atoms with Crippen LogP contribution in [0.15, 0.2) is 18.2 Å². The van der Waals surface area contributed by atoms with Gasteiger partial charge in [0.1, 0.15) is 0 Å². The predicted molar refractivity (Wildman–Crippen MR) is 67.2 cm³/mol. The molecule has 1 aromatic carbocycles. The second kappa shape index (κ2) is 6.77. The minimum atomic E-state index is -4.37. The summed E-state index contributed by atoms with van der Waals surface area (Å²) in [5, 5.41) is 12.3. The number of nitrogens with one attached hydrogen (secondary N) is 1. The first-order valence-corrected chi connectivity index (χ1v) is 6.02. The molecule has 1 atom stereocenters. The fourth-order valence-corrected chi connectivity index (χ4v) is 1.59. The van der Waals surface area contributed by atoms with Crippen LogP contribution < -0.4 is 5.32 Å². The molecule has 108 valence electrons. The van der Waals surface area contributed by atoms with E-state index in [0.717, 1.165) is 6.07 Å². The van der Waals surface area contributed by atoms with Crippen molar-refractivity contribution < 1.29 is 23.0 Å². The topological polar surface area (TPSA) is 41.5 Å². The van der Waals surface area contributed by atoms with Gasteiger partial charge in [0.15, 0.2) is 0 Å². The second-order valence-electron chi connectivity index (χ2n) is 4.22. The van der Waals surface area contributed by atoms with Gasteiger partial charge in [-0.25, -0.2) is 0 Å². The third-order valence-electron chi connectivity index (χ3n) is 2.60. The molecular weight excluding hydrogens is 259 g/mol. The number of aliphatic hydroxyl groups is 1. The Morgan fingerprint density at radius 2 is 2.05 bits per heavy atom. The molecule has 1 aromatic rings. The lowest BCUT2D eigenvalue weighted by Gasteiger charge is -2.15. The van der Waals surface area contributed by atoms with Crippen LogP contribution in [0.3, 0.4) is 0 Å². The Balaban J connectivity index is 2.65. The van der Waals surface area contributed by atoms with Gasteiger partial charge in [-0.1, -0.05) is 6.07 Å². The summed E-state index contributed by atoms with van der Waals surface area (Å²) in [5.41, 5.74) is -0.168. The molecule has 0 radical (unpaired) electrons. The quantitative estimate of drug-likeness (QED) is 0.840. The molecule has 2 N–H and O–H groups in total. The third kappa shape index (κ3) is 5.08. The van der Waals surface area contributed by atoms with E-state index in [1.807, 2.05) is 0 Å². The van der Waals surface area contributed by atoms with Gasteiger partial charge in [-0.15, -0.1) is 0 Å². The first-order chi connectivity index (χ1) is 8.84. The summed E-state index contributed by atoms with van der Waals surface area (Å²) in [6.45, 7) is 3.99. The van der Waals surface area contributed by atoms with Crippen molar-refractivity contribution in [2.45, 2.75) is 26.1 Å². The Kier molecular flexibility index (Phi) is 5.62. The maximum absolute atomic E-state index is 12.7. The number of ether oxygens (including phenoxy) is 1. The van der Waals surface area contributed by atoms with E-state index in [4.69, 9.17) is 4.74 Å². The molecular formula is C13H18F3NO2. The average molecular weight is 277 g/mol. The average Bonchev–Trinajstić information content (AvgIpc) is 2.34. The summed E-state index contributed by atoms with van der Waals surface area (Å²) in [6, 6.07) is 4.00. The number of hydrogen-bond donors (Lipinski definition) is 2. The largest absolute Gasteiger partial charge is 0.416 e. The summed E-state index contributed by atoms with van der Waals surface area (Å²) in [7, 11) is 0. The molecule has 1 rings (SSSR count). The number of aliphatic hydroxyl groups excluding tert-OH is 1. The normalized spacial score (nSPS) is 13.4. The SMILES string of the molecule is CCOCC(O)CNc1ccc(C)c(C(F)(F)F)c1. The van der Waals surface area contributed by atoms with Crippen LogP contribution in [-0.4, -0.2) is 31.0 Å². The van der Waals surface area contributed by atoms with Gasteiger partial charge in [0.2, 0.25) is 0 Å². The van der Waals surface area contributed by atoms with Crippen LogP contribution in [0.1, 0.15) is 18.1 Å². The molecule has 3 nitrogen and oxygen atoms in total. The Morgan fingerprint density at radius 1 is 1.37 bits per heavy atom. The van der Waals surface area contributed by atoms with Gasteiger partial charge in [0, 0.05) is 18.8 Å². The number of anilines is 1. The maximum Gasteiger partial charge on any atom is 0.416 e. The maximum atomic E-state index is 12.7. The van der Waals surface area contributed by atoms with Crippen LogP contribution in [0.2, 0.25) is 0 Å². The smallest absolute Gasteiger partial charge is 0.389 e. The molecule has 0 fully saturated rings. The number of benzene rings is 1. The number of rotatable bonds is 6. The fourth-order valence-electron chi connectivity index (χ4n) is 1.59. The molecule has 6 heteroatoms. The Hall–Kier alpha value is -1.27. The van der Waals surface area contributed by atoms with Crippen molar-refractivity contribution in [1.29, 1.82) is 0 Å². The zero-order chi connectivity index (χ0) is 14.5. The van der Waals surface area contributed by atoms with Crippen molar-refractivity contribution in [3.8, 4) is 0 Å². The van der Waals surface area contributed by atoms with Crippen LogP contribution in [0, 0.1) is 6.92 Å². The molecule has 19 heavy (non-hydrogen) atoms. The van der Waals surface area contributed by atoms with Crippen LogP contribution in [0.4, 0.5) is 18.9 Å². The lowest BCUT2D eigenvalue weighted by atomic mass is 10.1. The minimum absolute atomic E-state index is 0.139. The first-order valence-electron chi connectivity index (χ1n) is 6.02. The monoisotopic (exact) mass is 277 g/mol. The van der Waals surface area contributed by atoms with E-state index < -0.39 is 17.8 Å². The van der Waals surface area contributed by atoms with Gasteiger partial charge in [-0.2, -0.15) is 13.2 Å². The molecule has 0 saturated heterocycles. The number of alkyl halides is 3. The van der Waals surface area contributed by atoms with Crippen molar-refractivity contribution in [3.05, 3.63) is 29.3 Å². The van der Waals surface area contributed by atoms with Gasteiger partial charge in [-0.3, -0.25) is 0 Å². The predicted octanol–water partition coefficient (Wildman–Crippen LogP) is 2.82. The molecule has 0 saturated carbocycles. The van der Waals surface area contributed by atoms with Crippen LogP contribution >= 0.6 is 0 Å². The number of halogens is 3. The standard InChI is InChI=1S/C13H18F3NO2/c1-3-19-8-11(18)7-17-10-5-4-9(2)12(6-10)13(14,15)16/h4-6,11,17-18H,3,7-8H2,1-2H3. The van der Waals surface area contributed by atoms with Gasteiger partial charge < -0.3 is 15.2 Å². The molecule has 0 heterocycles. The Morgan fingerprint density at radius 3 is 2.63 bits per heavy atom. The summed E-state index contributed by atoms with van der Waals surface area (Å²) >= 11 is 0.